The summed E-state index contributed by atoms with van der Waals surface area (Å²) in [4.78, 5) is 39.1. The van der Waals surface area contributed by atoms with Crippen molar-refractivity contribution in [3.05, 3.63) is 46.5 Å². The Morgan fingerprint density at radius 3 is 2.94 bits per heavy atom. The smallest absolute Gasteiger partial charge is 0.270 e. The maximum atomic E-state index is 12.5. The minimum absolute atomic E-state index is 0.000922. The van der Waals surface area contributed by atoms with Crippen LogP contribution in [0.3, 0.4) is 0 Å². The average molecular weight is 482 g/mol. The van der Waals surface area contributed by atoms with E-state index in [0.717, 1.165) is 5.69 Å². The Morgan fingerprint density at radius 2 is 2.09 bits per heavy atom. The van der Waals surface area contributed by atoms with E-state index in [0.29, 0.717) is 67.9 Å². The van der Waals surface area contributed by atoms with Gasteiger partial charge in [0.1, 0.15) is 5.52 Å². The molecule has 184 valence electrons. The van der Waals surface area contributed by atoms with E-state index < -0.39 is 6.10 Å². The van der Waals surface area contributed by atoms with E-state index in [1.165, 1.54) is 13.3 Å². The van der Waals surface area contributed by atoms with Crippen LogP contribution >= 0.6 is 0 Å². The van der Waals surface area contributed by atoms with E-state index >= 15 is 0 Å². The van der Waals surface area contributed by atoms with Crippen LogP contribution in [-0.2, 0) is 17.9 Å². The number of methoxy groups -OCH3 is 1. The maximum Gasteiger partial charge on any atom is 0.270 e. The number of β-amino-alcohol motifs (C(OH)–C–C–N with tert-alkyl or cyclic N) is 1. The van der Waals surface area contributed by atoms with Crippen LogP contribution in [0, 0.1) is 5.92 Å². The fourth-order valence-electron chi connectivity index (χ4n) is 4.41. The van der Waals surface area contributed by atoms with Crippen molar-refractivity contribution in [2.75, 3.05) is 45.2 Å². The number of anilines is 1. The number of amides is 1. The zero-order chi connectivity index (χ0) is 24.4. The molecule has 5 rings (SSSR count). The molecule has 0 radical (unpaired) electrons. The number of likely N-dealkylation sites (tertiary alicyclic amines) is 1. The number of aliphatic hydroxyl groups is 1. The van der Waals surface area contributed by atoms with E-state index in [1.807, 2.05) is 6.07 Å². The van der Waals surface area contributed by atoms with Crippen LogP contribution in [0.25, 0.3) is 11.2 Å². The van der Waals surface area contributed by atoms with Gasteiger partial charge >= 0.3 is 0 Å². The van der Waals surface area contributed by atoms with Crippen LogP contribution in [0.15, 0.2) is 35.3 Å². The van der Waals surface area contributed by atoms with E-state index in [2.05, 4.69) is 30.5 Å². The lowest BCUT2D eigenvalue weighted by Crippen LogP contribution is -2.32. The minimum atomic E-state index is -0.476. The predicted molar refractivity (Wildman–Crippen MR) is 126 cm³/mol. The summed E-state index contributed by atoms with van der Waals surface area (Å²) in [5.41, 5.74) is 1.64. The molecule has 0 aromatic carbocycles. The highest BCUT2D eigenvalue weighted by Gasteiger charge is 2.30. The lowest BCUT2D eigenvalue weighted by atomic mass is 10.1. The number of nitrogens with one attached hydrogen (secondary N) is 2. The number of fused-ring (bicyclic) bond motifs is 2. The van der Waals surface area contributed by atoms with Gasteiger partial charge in [-0.2, -0.15) is 4.98 Å². The van der Waals surface area contributed by atoms with Gasteiger partial charge in [0.25, 0.3) is 11.5 Å². The summed E-state index contributed by atoms with van der Waals surface area (Å²) >= 11 is 0. The number of carbonyl (C=O) groups is 1. The van der Waals surface area contributed by atoms with Gasteiger partial charge in [0.05, 0.1) is 25.1 Å². The van der Waals surface area contributed by atoms with Gasteiger partial charge < -0.3 is 25.2 Å². The molecule has 3 aromatic rings. The molecule has 12 nitrogen and oxygen atoms in total. The third-order valence-electron chi connectivity index (χ3n) is 6.24. The lowest BCUT2D eigenvalue weighted by Gasteiger charge is -2.18. The molecule has 2 aliphatic heterocycles. The van der Waals surface area contributed by atoms with Crippen molar-refractivity contribution in [2.24, 2.45) is 5.92 Å². The summed E-state index contributed by atoms with van der Waals surface area (Å²) in [6, 6.07) is 7.12. The Bertz CT molecular complexity index is 1300. The van der Waals surface area contributed by atoms with Gasteiger partial charge in [-0.3, -0.25) is 19.1 Å². The summed E-state index contributed by atoms with van der Waals surface area (Å²) in [5, 5.41) is 16.6. The van der Waals surface area contributed by atoms with E-state index in [-0.39, 0.29) is 24.0 Å². The molecule has 12 heteroatoms. The number of aliphatic hydroxyl groups excluding tert-OH is 1. The van der Waals surface area contributed by atoms with Crippen molar-refractivity contribution in [1.82, 2.24) is 29.7 Å². The van der Waals surface area contributed by atoms with E-state index in [4.69, 9.17) is 9.47 Å². The van der Waals surface area contributed by atoms with Crippen LogP contribution in [-0.4, -0.2) is 81.4 Å². The lowest BCUT2D eigenvalue weighted by molar-refractivity contribution is -0.118. The molecule has 0 unspecified atom stereocenters. The number of aromatic nitrogens is 4. The molecule has 0 aliphatic carbocycles. The largest absolute Gasteiger partial charge is 0.481 e. The van der Waals surface area contributed by atoms with Gasteiger partial charge in [-0.15, -0.1) is 0 Å². The first kappa shape index (κ1) is 23.1. The molecule has 3 N–H and O–H groups in total. The Morgan fingerprint density at radius 1 is 1.20 bits per heavy atom. The molecule has 0 saturated carbocycles. The van der Waals surface area contributed by atoms with Gasteiger partial charge in [-0.05, 0) is 18.2 Å². The van der Waals surface area contributed by atoms with E-state index in [1.54, 1.807) is 22.8 Å². The Kier molecular flexibility index (Phi) is 6.57. The fourth-order valence-corrected chi connectivity index (χ4v) is 4.41. The Labute approximate surface area is 200 Å². The average Bonchev–Trinajstić information content (AvgIpc) is 3.21. The second-order valence-corrected chi connectivity index (χ2v) is 8.65. The number of rotatable bonds is 8. The molecule has 1 fully saturated rings. The van der Waals surface area contributed by atoms with Crippen LogP contribution in [0.2, 0.25) is 0 Å². The van der Waals surface area contributed by atoms with Crippen molar-refractivity contribution >= 4 is 22.9 Å². The second kappa shape index (κ2) is 9.94. The summed E-state index contributed by atoms with van der Waals surface area (Å²) in [6.07, 6.45) is 0.824. The minimum Gasteiger partial charge on any atom is -0.481 e. The SMILES string of the molecule is COc1ccc2ncc(=O)n(CCN3C[C@H](CNCc4ccc5c(n4)NC(=O)CO5)[C@H](O)C3)c2n1. The first-order valence-electron chi connectivity index (χ1n) is 11.4. The predicted octanol–water partition coefficient (Wildman–Crippen LogP) is -0.391. The zero-order valence-corrected chi connectivity index (χ0v) is 19.3. The van der Waals surface area contributed by atoms with Crippen molar-refractivity contribution in [2.45, 2.75) is 19.2 Å². The molecule has 2 atom stereocenters. The quantitative estimate of drug-likeness (QED) is 0.389. The van der Waals surface area contributed by atoms with Crippen LogP contribution in [0.5, 0.6) is 11.6 Å². The molecular formula is C23H27N7O5. The third-order valence-corrected chi connectivity index (χ3v) is 6.24. The molecule has 0 bridgehead atoms. The zero-order valence-electron chi connectivity index (χ0n) is 19.3. The molecular weight excluding hydrogens is 454 g/mol. The molecule has 35 heavy (non-hydrogen) atoms. The van der Waals surface area contributed by atoms with Crippen molar-refractivity contribution in [3.8, 4) is 11.6 Å². The Balaban J connectivity index is 1.16. The molecule has 0 spiro atoms. The van der Waals surface area contributed by atoms with Crippen molar-refractivity contribution in [3.63, 3.8) is 0 Å². The number of carbonyl (C=O) groups excluding carboxylic acids is 1. The van der Waals surface area contributed by atoms with Gasteiger partial charge in [0.2, 0.25) is 5.88 Å². The number of pyridine rings is 2. The number of hydrogen-bond donors (Lipinski definition) is 3. The third kappa shape index (κ3) is 5.09. The Hall–Kier alpha value is -3.61. The van der Waals surface area contributed by atoms with Crippen molar-refractivity contribution in [1.29, 1.82) is 0 Å². The maximum absolute atomic E-state index is 12.5. The molecule has 5 heterocycles. The second-order valence-electron chi connectivity index (χ2n) is 8.65. The topological polar surface area (TPSA) is 144 Å². The fraction of sp³-hybridized carbons (Fsp3) is 0.435. The summed E-state index contributed by atoms with van der Waals surface area (Å²) in [7, 11) is 1.53. The highest BCUT2D eigenvalue weighted by atomic mass is 16.5. The summed E-state index contributed by atoms with van der Waals surface area (Å²) < 4.78 is 12.1. The van der Waals surface area contributed by atoms with Gasteiger partial charge in [-0.1, -0.05) is 0 Å². The molecule has 3 aromatic heterocycles. The summed E-state index contributed by atoms with van der Waals surface area (Å²) in [5.74, 6) is 1.23. The van der Waals surface area contributed by atoms with Gasteiger partial charge in [-0.25, -0.2) is 9.97 Å². The van der Waals surface area contributed by atoms with Gasteiger partial charge in [0, 0.05) is 51.3 Å². The van der Waals surface area contributed by atoms with Crippen molar-refractivity contribution < 1.29 is 19.4 Å². The highest BCUT2D eigenvalue weighted by molar-refractivity contribution is 5.94. The van der Waals surface area contributed by atoms with Crippen LogP contribution in [0.1, 0.15) is 5.69 Å². The standard InChI is InChI=1S/C23H27N7O5/c1-34-20-5-3-16-23(28-20)30(21(33)10-25-16)7-6-29-11-14(17(31)12-29)8-24-9-15-2-4-18-22(26-15)27-19(32)13-35-18/h2-5,10,14,17,24,31H,6-9,11-13H2,1H3,(H,26,27,32)/t14-,17+/m0/s1. The summed E-state index contributed by atoms with van der Waals surface area (Å²) in [6.45, 7) is 3.36. The number of ether oxygens (including phenoxy) is 2. The van der Waals surface area contributed by atoms with Crippen LogP contribution in [0.4, 0.5) is 5.82 Å². The molecule has 2 aliphatic rings. The highest BCUT2D eigenvalue weighted by Crippen LogP contribution is 2.25. The number of nitrogens with zero attached hydrogens (tertiary/aromatic N) is 5. The first-order chi connectivity index (χ1) is 17.0. The van der Waals surface area contributed by atoms with Crippen LogP contribution < -0.4 is 25.7 Å². The number of hydrogen-bond acceptors (Lipinski definition) is 10. The molecule has 1 saturated heterocycles. The normalized spacial score (nSPS) is 19.9. The first-order valence-corrected chi connectivity index (χ1v) is 11.4. The monoisotopic (exact) mass is 481 g/mol. The molecule has 1 amide bonds. The van der Waals surface area contributed by atoms with Gasteiger partial charge in [0.15, 0.2) is 23.8 Å². The van der Waals surface area contributed by atoms with E-state index in [9.17, 15) is 14.7 Å².